The summed E-state index contributed by atoms with van der Waals surface area (Å²) in [6.07, 6.45) is 0.111. The van der Waals surface area contributed by atoms with Crippen LogP contribution in [0.15, 0.2) is 54.7 Å². The van der Waals surface area contributed by atoms with E-state index in [2.05, 4.69) is 5.10 Å². The van der Waals surface area contributed by atoms with Gasteiger partial charge in [0.2, 0.25) is 0 Å². The van der Waals surface area contributed by atoms with E-state index < -0.39 is 32.5 Å². The van der Waals surface area contributed by atoms with Gasteiger partial charge in [-0.25, -0.2) is 9.07 Å². The fourth-order valence-electron chi connectivity index (χ4n) is 2.72. The van der Waals surface area contributed by atoms with Gasteiger partial charge in [-0.1, -0.05) is 23.7 Å². The predicted molar refractivity (Wildman–Crippen MR) is 102 cm³/mol. The summed E-state index contributed by atoms with van der Waals surface area (Å²) >= 11 is 5.86. The molecule has 0 aliphatic rings. The van der Waals surface area contributed by atoms with Gasteiger partial charge >= 0.3 is 66.7 Å². The Kier molecular flexibility index (Phi) is 10.6. The van der Waals surface area contributed by atoms with Crippen molar-refractivity contribution in [1.82, 2.24) is 9.78 Å². The zero-order valence-electron chi connectivity index (χ0n) is 16.9. The Hall–Kier alpha value is 0.130. The standard InChI is InChI=1S/C17H16ClFN2O7P2.2Na/c18-12-3-1-11(2-4-12)15-10-21(14-7-5-13(19)6-8-14)20-16(15)9-17(22,29(23,24)25)30(26,27)28;;/h1-8,10,22H,9H2,(H2,23,24,25)(H2,26,27,28);;/q;2*+1/p-2. The smallest absolute Gasteiger partial charge is 0.808 e. The molecule has 15 heteroatoms. The third-order valence-corrected chi connectivity index (χ3v) is 8.24. The second-order valence-electron chi connectivity index (χ2n) is 6.41. The molecule has 0 spiro atoms. The maximum atomic E-state index is 13.2. The number of rotatable bonds is 6. The number of aliphatic hydroxyl groups is 1. The van der Waals surface area contributed by atoms with Gasteiger partial charge in [0.25, 0.3) is 0 Å². The number of benzene rings is 2. The van der Waals surface area contributed by atoms with Crippen molar-refractivity contribution in [3.8, 4) is 16.8 Å². The van der Waals surface area contributed by atoms with Crippen molar-refractivity contribution in [2.45, 2.75) is 11.5 Å². The molecule has 0 saturated heterocycles. The van der Waals surface area contributed by atoms with Crippen molar-refractivity contribution in [1.29, 1.82) is 0 Å². The van der Waals surface area contributed by atoms with Crippen molar-refractivity contribution in [2.24, 2.45) is 0 Å². The van der Waals surface area contributed by atoms with Crippen LogP contribution in [-0.4, -0.2) is 29.8 Å². The normalized spacial score (nSPS) is 13.6. The van der Waals surface area contributed by atoms with Crippen LogP contribution in [0, 0.1) is 5.82 Å². The first-order valence-electron chi connectivity index (χ1n) is 8.22. The maximum Gasteiger partial charge on any atom is 1.00 e. The van der Waals surface area contributed by atoms with E-state index >= 15 is 0 Å². The van der Waals surface area contributed by atoms with Gasteiger partial charge in [-0.05, 0) is 49.6 Å². The first-order valence-corrected chi connectivity index (χ1v) is 11.8. The molecular weight excluding hydrogens is 507 g/mol. The molecule has 32 heavy (non-hydrogen) atoms. The van der Waals surface area contributed by atoms with Gasteiger partial charge in [0.15, 0.2) is 5.08 Å². The van der Waals surface area contributed by atoms with Gasteiger partial charge in [-0.3, -0.25) is 4.57 Å². The summed E-state index contributed by atoms with van der Waals surface area (Å²) in [5.74, 6) is -0.515. The molecule has 1 atom stereocenters. The molecule has 0 amide bonds. The summed E-state index contributed by atoms with van der Waals surface area (Å²) in [7, 11) is -12.0. The largest absolute Gasteiger partial charge is 1.00 e. The molecule has 160 valence electrons. The van der Waals surface area contributed by atoms with Crippen LogP contribution < -0.4 is 68.9 Å². The van der Waals surface area contributed by atoms with Crippen molar-refractivity contribution in [3.05, 3.63) is 71.3 Å². The van der Waals surface area contributed by atoms with Gasteiger partial charge in [0, 0.05) is 23.2 Å². The van der Waals surface area contributed by atoms with Gasteiger partial charge in [-0.2, -0.15) is 5.10 Å². The predicted octanol–water partition coefficient (Wildman–Crippen LogP) is -4.38. The monoisotopic (exact) mass is 520 g/mol. The van der Waals surface area contributed by atoms with E-state index in [0.717, 1.165) is 12.1 Å². The van der Waals surface area contributed by atoms with Crippen molar-refractivity contribution >= 4 is 26.8 Å². The summed E-state index contributed by atoms with van der Waals surface area (Å²) in [6.45, 7) is 0. The van der Waals surface area contributed by atoms with Gasteiger partial charge < -0.3 is 29.2 Å². The number of hydrogen-bond donors (Lipinski definition) is 3. The molecule has 9 nitrogen and oxygen atoms in total. The van der Waals surface area contributed by atoms with Crippen LogP contribution in [0.4, 0.5) is 4.39 Å². The molecule has 0 bridgehead atoms. The molecule has 1 heterocycles. The Bertz CT molecular complexity index is 1140. The minimum absolute atomic E-state index is 0. The van der Waals surface area contributed by atoms with Crippen LogP contribution in [0.1, 0.15) is 5.69 Å². The zero-order valence-corrected chi connectivity index (χ0v) is 23.5. The number of halogens is 2. The molecule has 1 aromatic heterocycles. The van der Waals surface area contributed by atoms with E-state index in [4.69, 9.17) is 11.6 Å². The van der Waals surface area contributed by atoms with Crippen LogP contribution in [-0.2, 0) is 15.6 Å². The van der Waals surface area contributed by atoms with Gasteiger partial charge in [-0.15, -0.1) is 0 Å². The first-order chi connectivity index (χ1) is 13.8. The summed E-state index contributed by atoms with van der Waals surface area (Å²) in [6, 6.07) is 11.1. The van der Waals surface area contributed by atoms with Crippen LogP contribution in [0.25, 0.3) is 16.8 Å². The fraction of sp³-hybridized carbons (Fsp3) is 0.118. The number of nitrogens with zero attached hydrogens (tertiary/aromatic N) is 2. The van der Waals surface area contributed by atoms with Crippen LogP contribution >= 0.6 is 26.8 Å². The van der Waals surface area contributed by atoms with E-state index in [1.807, 2.05) is 0 Å². The average molecular weight is 521 g/mol. The Morgan fingerprint density at radius 2 is 1.56 bits per heavy atom. The van der Waals surface area contributed by atoms with Gasteiger partial charge in [0.05, 0.1) is 11.4 Å². The van der Waals surface area contributed by atoms with Crippen LogP contribution in [0.3, 0.4) is 0 Å². The summed E-state index contributed by atoms with van der Waals surface area (Å²) < 4.78 is 37.6. The Morgan fingerprint density at radius 1 is 1.03 bits per heavy atom. The molecule has 1 unspecified atom stereocenters. The quantitative estimate of drug-likeness (QED) is 0.217. The minimum Gasteiger partial charge on any atom is -0.808 e. The minimum atomic E-state index is -6.19. The van der Waals surface area contributed by atoms with E-state index in [1.165, 1.54) is 47.3 Å². The molecule has 0 fully saturated rings. The van der Waals surface area contributed by atoms with Crippen LogP contribution in [0.2, 0.25) is 5.02 Å². The third-order valence-electron chi connectivity index (χ3n) is 4.35. The second-order valence-corrected chi connectivity index (χ2v) is 10.8. The second kappa shape index (κ2) is 11.2. The Labute approximate surface area is 231 Å². The van der Waals surface area contributed by atoms with Gasteiger partial charge in [0.1, 0.15) is 5.82 Å². The maximum absolute atomic E-state index is 13.2. The van der Waals surface area contributed by atoms with Crippen molar-refractivity contribution in [3.63, 3.8) is 0 Å². The summed E-state index contributed by atoms with van der Waals surface area (Å²) in [5.41, 5.74) is 0.656. The van der Waals surface area contributed by atoms with E-state index in [0.29, 0.717) is 16.3 Å². The van der Waals surface area contributed by atoms with Crippen molar-refractivity contribution < 1.29 is 97.3 Å². The van der Waals surface area contributed by atoms with Crippen LogP contribution in [0.5, 0.6) is 0 Å². The third kappa shape index (κ3) is 6.42. The molecule has 0 aliphatic carbocycles. The number of hydrogen-bond acceptors (Lipinski definition) is 6. The van der Waals surface area contributed by atoms with Crippen molar-refractivity contribution in [2.75, 3.05) is 0 Å². The number of aromatic nitrogens is 2. The van der Waals surface area contributed by atoms with E-state index in [9.17, 15) is 38.2 Å². The summed E-state index contributed by atoms with van der Waals surface area (Å²) in [4.78, 5) is 41.9. The average Bonchev–Trinajstić information content (AvgIpc) is 3.04. The Balaban J connectivity index is 0.00000256. The zero-order chi connectivity index (χ0) is 22.3. The fourth-order valence-corrected chi connectivity index (χ4v) is 4.82. The van der Waals surface area contributed by atoms with E-state index in [1.54, 1.807) is 0 Å². The molecule has 0 saturated carbocycles. The Morgan fingerprint density at radius 3 is 2.03 bits per heavy atom. The SMILES string of the molecule is O=P([O-])([O-])C(O)(Cc1nn(-c2ccc(F)cc2)cc1-c1ccc(Cl)cc1)P(=O)(O)O.[Na+].[Na+]. The molecule has 3 rings (SSSR count). The molecule has 0 radical (unpaired) electrons. The molecular formula is C17H14ClFN2Na2O7P2. The molecule has 0 aliphatic heterocycles. The summed E-state index contributed by atoms with van der Waals surface area (Å²) in [5, 5.41) is 10.8. The first kappa shape index (κ1) is 30.2. The molecule has 3 aromatic rings. The molecule has 3 N–H and O–H groups in total. The topological polar surface area (TPSA) is 159 Å². The molecule has 2 aromatic carbocycles. The van der Waals surface area contributed by atoms with E-state index in [-0.39, 0.29) is 70.4 Å².